The van der Waals surface area contributed by atoms with Crippen LogP contribution >= 0.6 is 0 Å². The van der Waals surface area contributed by atoms with Gasteiger partial charge in [0, 0.05) is 18.0 Å². The monoisotopic (exact) mass is 241 g/mol. The number of aromatic nitrogens is 2. The van der Waals surface area contributed by atoms with E-state index >= 15 is 0 Å². The molecule has 3 nitrogen and oxygen atoms in total. The Morgan fingerprint density at radius 1 is 1.35 bits per heavy atom. The highest BCUT2D eigenvalue weighted by Gasteiger charge is 2.63. The number of rotatable bonds is 3. The van der Waals surface area contributed by atoms with Gasteiger partial charge in [-0.05, 0) is 19.3 Å². The van der Waals surface area contributed by atoms with E-state index in [1.165, 1.54) is 18.7 Å². The highest BCUT2D eigenvalue weighted by Crippen LogP contribution is 2.61. The van der Waals surface area contributed by atoms with Crippen LogP contribution in [0.4, 0.5) is 13.2 Å². The van der Waals surface area contributed by atoms with Crippen LogP contribution in [0.25, 0.3) is 0 Å². The lowest BCUT2D eigenvalue weighted by atomic mass is 9.88. The second kappa shape index (κ2) is 3.99. The van der Waals surface area contributed by atoms with Crippen molar-refractivity contribution in [2.75, 3.05) is 0 Å². The topological polar surface area (TPSA) is 49.6 Å². The lowest BCUT2D eigenvalue weighted by Crippen LogP contribution is -2.26. The molecule has 0 amide bonds. The smallest absolute Gasteiger partial charge is 0.244 e. The molecule has 0 spiro atoms. The van der Waals surface area contributed by atoms with E-state index in [-0.39, 0.29) is 19.3 Å². The van der Waals surface area contributed by atoms with Gasteiger partial charge in [0.25, 0.3) is 0 Å². The van der Waals surface area contributed by atoms with Crippen LogP contribution < -0.4 is 0 Å². The van der Waals surface area contributed by atoms with Crippen molar-refractivity contribution in [3.05, 3.63) is 24.3 Å². The van der Waals surface area contributed by atoms with E-state index in [0.717, 1.165) is 0 Å². The van der Waals surface area contributed by atoms with Gasteiger partial charge >= 0.3 is 6.18 Å². The Bertz CT molecular complexity index is 432. The highest BCUT2D eigenvalue weighted by atomic mass is 19.4. The Morgan fingerprint density at radius 2 is 1.94 bits per heavy atom. The number of nitriles is 1. The molecule has 0 aliphatic heterocycles. The molecule has 0 saturated heterocycles. The second-order valence-corrected chi connectivity index (χ2v) is 4.34. The highest BCUT2D eigenvalue weighted by molar-refractivity contribution is 5.21. The van der Waals surface area contributed by atoms with Crippen molar-refractivity contribution in [1.29, 1.82) is 5.26 Å². The average Bonchev–Trinajstić information content (AvgIpc) is 3.07. The van der Waals surface area contributed by atoms with E-state index in [2.05, 4.69) is 9.97 Å². The van der Waals surface area contributed by atoms with Crippen LogP contribution in [0.2, 0.25) is 0 Å². The Balaban J connectivity index is 2.16. The average molecular weight is 241 g/mol. The van der Waals surface area contributed by atoms with E-state index in [1.54, 1.807) is 0 Å². The first-order chi connectivity index (χ1) is 7.98. The molecular weight excluding hydrogens is 231 g/mol. The summed E-state index contributed by atoms with van der Waals surface area (Å²) in [5, 5.41) is 8.96. The summed E-state index contributed by atoms with van der Waals surface area (Å²) < 4.78 is 38.3. The van der Waals surface area contributed by atoms with E-state index in [9.17, 15) is 13.2 Å². The molecular formula is C11H10F3N3. The van der Waals surface area contributed by atoms with Gasteiger partial charge in [0.2, 0.25) is 0 Å². The molecule has 0 radical (unpaired) electrons. The molecule has 1 fully saturated rings. The quantitative estimate of drug-likeness (QED) is 0.817. The van der Waals surface area contributed by atoms with Crippen molar-refractivity contribution in [2.24, 2.45) is 5.41 Å². The molecule has 0 aromatic carbocycles. The lowest BCUT2D eigenvalue weighted by Gasteiger charge is -2.21. The van der Waals surface area contributed by atoms with Gasteiger partial charge in [0.1, 0.15) is 6.33 Å². The molecule has 17 heavy (non-hydrogen) atoms. The summed E-state index contributed by atoms with van der Waals surface area (Å²) in [5.74, 6) is -0.791. The van der Waals surface area contributed by atoms with Gasteiger partial charge < -0.3 is 0 Å². The number of nitrogens with zero attached hydrogens (tertiary/aromatic N) is 3. The number of halogens is 3. The zero-order valence-corrected chi connectivity index (χ0v) is 8.91. The maximum atomic E-state index is 12.8. The molecule has 1 atom stereocenters. The lowest BCUT2D eigenvalue weighted by molar-refractivity contribution is -0.189. The number of hydrogen-bond donors (Lipinski definition) is 0. The summed E-state index contributed by atoms with van der Waals surface area (Å²) in [6, 6.07) is 1.91. The summed E-state index contributed by atoms with van der Waals surface area (Å²) in [4.78, 5) is 7.45. The third-order valence-electron chi connectivity index (χ3n) is 3.19. The predicted octanol–water partition coefficient (Wildman–Crippen LogP) is 2.82. The van der Waals surface area contributed by atoms with Crippen molar-refractivity contribution >= 4 is 0 Å². The van der Waals surface area contributed by atoms with Crippen LogP contribution in [0.1, 0.15) is 30.7 Å². The molecule has 1 aromatic heterocycles. The molecule has 0 N–H and O–H groups in total. The zero-order valence-electron chi connectivity index (χ0n) is 8.91. The molecule has 0 unspecified atom stereocenters. The summed E-state index contributed by atoms with van der Waals surface area (Å²) >= 11 is 0. The van der Waals surface area contributed by atoms with Gasteiger partial charge in [0.05, 0.1) is 17.4 Å². The maximum absolute atomic E-state index is 12.8. The molecule has 1 heterocycles. The number of hydrogen-bond acceptors (Lipinski definition) is 3. The van der Waals surface area contributed by atoms with Gasteiger partial charge in [0.15, 0.2) is 0 Å². The second-order valence-electron chi connectivity index (χ2n) is 4.34. The fourth-order valence-corrected chi connectivity index (χ4v) is 1.87. The fourth-order valence-electron chi connectivity index (χ4n) is 1.87. The van der Waals surface area contributed by atoms with Gasteiger partial charge in [-0.2, -0.15) is 18.4 Å². The van der Waals surface area contributed by atoms with Gasteiger partial charge in [-0.25, -0.2) is 9.97 Å². The summed E-state index contributed by atoms with van der Waals surface area (Å²) in [6.07, 6.45) is -0.113. The van der Waals surface area contributed by atoms with Crippen LogP contribution in [0.5, 0.6) is 0 Å². The minimum absolute atomic E-state index is 0.113. The molecule has 90 valence electrons. The van der Waals surface area contributed by atoms with E-state index in [4.69, 9.17) is 5.26 Å². The van der Waals surface area contributed by atoms with Gasteiger partial charge in [-0.15, -0.1) is 0 Å². The van der Waals surface area contributed by atoms with Crippen LogP contribution in [-0.2, 0) is 0 Å². The van der Waals surface area contributed by atoms with Crippen molar-refractivity contribution in [2.45, 2.75) is 31.4 Å². The van der Waals surface area contributed by atoms with Crippen LogP contribution in [0, 0.1) is 16.7 Å². The molecule has 1 aliphatic rings. The Hall–Kier alpha value is -1.64. The number of alkyl halides is 3. The van der Waals surface area contributed by atoms with E-state index < -0.39 is 17.5 Å². The fraction of sp³-hybridized carbons (Fsp3) is 0.545. The van der Waals surface area contributed by atoms with Crippen molar-refractivity contribution < 1.29 is 13.2 Å². The van der Waals surface area contributed by atoms with Crippen molar-refractivity contribution in [3.63, 3.8) is 0 Å². The molecule has 6 heteroatoms. The van der Waals surface area contributed by atoms with E-state index in [0.29, 0.717) is 5.56 Å². The molecule has 1 aliphatic carbocycles. The third kappa shape index (κ3) is 2.23. The van der Waals surface area contributed by atoms with Crippen LogP contribution in [0.15, 0.2) is 18.7 Å². The molecule has 2 rings (SSSR count). The predicted molar refractivity (Wildman–Crippen MR) is 52.7 cm³/mol. The van der Waals surface area contributed by atoms with Crippen LogP contribution in [-0.4, -0.2) is 16.1 Å². The van der Waals surface area contributed by atoms with Crippen molar-refractivity contribution in [3.8, 4) is 6.07 Å². The first kappa shape index (κ1) is 11.8. The van der Waals surface area contributed by atoms with E-state index in [1.807, 2.05) is 6.07 Å². The molecule has 1 aromatic rings. The standard InChI is InChI=1S/C11H10F3N3/c12-11(13,14)10(1-2-10)3-8(4-15)9-5-16-7-17-6-9/h5-8H,1-3H2/t8-/m0/s1. The normalized spacial score (nSPS) is 19.4. The third-order valence-corrected chi connectivity index (χ3v) is 3.19. The molecule has 0 bridgehead atoms. The van der Waals surface area contributed by atoms with Crippen molar-refractivity contribution in [1.82, 2.24) is 9.97 Å². The molecule has 1 saturated carbocycles. The first-order valence-corrected chi connectivity index (χ1v) is 5.20. The SMILES string of the molecule is N#C[C@H](CC1(C(F)(F)F)CC1)c1cncnc1. The summed E-state index contributed by atoms with van der Waals surface area (Å²) in [6.45, 7) is 0. The Morgan fingerprint density at radius 3 is 2.35 bits per heavy atom. The van der Waals surface area contributed by atoms with Crippen LogP contribution in [0.3, 0.4) is 0 Å². The zero-order chi connectivity index (χ0) is 12.5. The summed E-state index contributed by atoms with van der Waals surface area (Å²) in [5.41, 5.74) is -1.21. The maximum Gasteiger partial charge on any atom is 0.394 e. The van der Waals surface area contributed by atoms with Gasteiger partial charge in [-0.1, -0.05) is 0 Å². The van der Waals surface area contributed by atoms with Gasteiger partial charge in [-0.3, -0.25) is 0 Å². The minimum Gasteiger partial charge on any atom is -0.244 e. The Labute approximate surface area is 96.3 Å². The first-order valence-electron chi connectivity index (χ1n) is 5.20. The Kier molecular flexibility index (Phi) is 2.77. The minimum atomic E-state index is -4.22. The largest absolute Gasteiger partial charge is 0.394 e. The summed E-state index contributed by atoms with van der Waals surface area (Å²) in [7, 11) is 0.